The highest BCUT2D eigenvalue weighted by molar-refractivity contribution is 5.94. The summed E-state index contributed by atoms with van der Waals surface area (Å²) in [7, 11) is 0. The minimum absolute atomic E-state index is 0.101. The molecule has 1 N–H and O–H groups in total. The molecule has 0 unspecified atom stereocenters. The Hall–Kier alpha value is -3.80. The first-order chi connectivity index (χ1) is 13.8. The van der Waals surface area contributed by atoms with E-state index in [0.29, 0.717) is 36.0 Å². The van der Waals surface area contributed by atoms with Crippen LogP contribution in [0.25, 0.3) is 33.9 Å². The maximum Gasteiger partial charge on any atom is 0.269 e. The van der Waals surface area contributed by atoms with Gasteiger partial charge in [0.1, 0.15) is 11.4 Å². The highest BCUT2D eigenvalue weighted by Crippen LogP contribution is 2.25. The van der Waals surface area contributed by atoms with E-state index in [1.807, 2.05) is 36.4 Å². The summed E-state index contributed by atoms with van der Waals surface area (Å²) in [6, 6.07) is 22.0. The summed E-state index contributed by atoms with van der Waals surface area (Å²) in [5.41, 5.74) is 5.19. The summed E-state index contributed by atoms with van der Waals surface area (Å²) >= 11 is 0. The molecular weight excluding hydrogens is 350 g/mol. The number of nitrogens with zero attached hydrogens (tertiary/aromatic N) is 4. The second kappa shape index (κ2) is 6.74. The molecule has 1 aliphatic heterocycles. The molecule has 136 valence electrons. The zero-order valence-corrected chi connectivity index (χ0v) is 15.0. The number of hydrogen-bond donors (Lipinski definition) is 1. The van der Waals surface area contributed by atoms with Gasteiger partial charge in [-0.05, 0) is 23.3 Å². The SMILES string of the molecule is O=C1NCCn2nc(-c3ccnc(-c4ccc(-c5ccccc5)cc4)n3)cc21. The molecule has 2 aromatic carbocycles. The third-order valence-electron chi connectivity index (χ3n) is 4.79. The van der Waals surface area contributed by atoms with Gasteiger partial charge in [-0.1, -0.05) is 54.6 Å². The minimum Gasteiger partial charge on any atom is -0.349 e. The van der Waals surface area contributed by atoms with Gasteiger partial charge in [-0.2, -0.15) is 5.10 Å². The van der Waals surface area contributed by atoms with Crippen LogP contribution in [0.5, 0.6) is 0 Å². The van der Waals surface area contributed by atoms with Crippen LogP contribution < -0.4 is 5.32 Å². The highest BCUT2D eigenvalue weighted by Gasteiger charge is 2.20. The van der Waals surface area contributed by atoms with Crippen LogP contribution in [0.15, 0.2) is 72.9 Å². The average Bonchev–Trinajstić information content (AvgIpc) is 3.21. The van der Waals surface area contributed by atoms with Crippen molar-refractivity contribution in [1.29, 1.82) is 0 Å². The second-order valence-electron chi connectivity index (χ2n) is 6.60. The van der Waals surface area contributed by atoms with Gasteiger partial charge in [-0.25, -0.2) is 9.97 Å². The monoisotopic (exact) mass is 367 g/mol. The maximum absolute atomic E-state index is 12.0. The van der Waals surface area contributed by atoms with E-state index < -0.39 is 0 Å². The molecule has 1 amide bonds. The third-order valence-corrected chi connectivity index (χ3v) is 4.79. The Kier molecular flexibility index (Phi) is 3.94. The Balaban J connectivity index is 1.47. The number of amides is 1. The second-order valence-corrected chi connectivity index (χ2v) is 6.60. The van der Waals surface area contributed by atoms with E-state index in [2.05, 4.69) is 44.6 Å². The van der Waals surface area contributed by atoms with Gasteiger partial charge in [-0.15, -0.1) is 0 Å². The Labute approximate surface area is 161 Å². The highest BCUT2D eigenvalue weighted by atomic mass is 16.2. The number of aromatic nitrogens is 4. The first-order valence-electron chi connectivity index (χ1n) is 9.13. The van der Waals surface area contributed by atoms with Gasteiger partial charge in [0.2, 0.25) is 0 Å². The lowest BCUT2D eigenvalue weighted by Crippen LogP contribution is -2.35. The van der Waals surface area contributed by atoms with Crippen molar-refractivity contribution in [3.63, 3.8) is 0 Å². The molecule has 2 aromatic heterocycles. The Morgan fingerprint density at radius 3 is 2.39 bits per heavy atom. The van der Waals surface area contributed by atoms with Gasteiger partial charge < -0.3 is 5.32 Å². The van der Waals surface area contributed by atoms with Gasteiger partial charge in [0.15, 0.2) is 5.82 Å². The average molecular weight is 367 g/mol. The van der Waals surface area contributed by atoms with E-state index >= 15 is 0 Å². The first kappa shape index (κ1) is 16.4. The summed E-state index contributed by atoms with van der Waals surface area (Å²) in [5, 5.41) is 7.35. The van der Waals surface area contributed by atoms with Crippen LogP contribution in [0, 0.1) is 0 Å². The van der Waals surface area contributed by atoms with E-state index in [1.54, 1.807) is 16.9 Å². The van der Waals surface area contributed by atoms with E-state index in [1.165, 1.54) is 5.56 Å². The van der Waals surface area contributed by atoms with Crippen LogP contribution in [0.1, 0.15) is 10.5 Å². The fraction of sp³-hybridized carbons (Fsp3) is 0.0909. The molecule has 0 saturated carbocycles. The lowest BCUT2D eigenvalue weighted by atomic mass is 10.0. The molecule has 0 saturated heterocycles. The summed E-state index contributed by atoms with van der Waals surface area (Å²) in [6.45, 7) is 1.26. The molecule has 0 radical (unpaired) electrons. The lowest BCUT2D eigenvalue weighted by molar-refractivity contribution is 0.0924. The molecule has 1 aliphatic rings. The van der Waals surface area contributed by atoms with E-state index in [0.717, 1.165) is 11.1 Å². The number of fused-ring (bicyclic) bond motifs is 1. The number of benzene rings is 2. The quantitative estimate of drug-likeness (QED) is 0.602. The number of carbonyl (C=O) groups is 1. The molecule has 0 atom stereocenters. The summed E-state index contributed by atoms with van der Waals surface area (Å²) in [6.07, 6.45) is 1.72. The van der Waals surface area contributed by atoms with Crippen LogP contribution in [0.3, 0.4) is 0 Å². The van der Waals surface area contributed by atoms with Crippen LogP contribution in [0.4, 0.5) is 0 Å². The van der Waals surface area contributed by atoms with Crippen LogP contribution in [-0.2, 0) is 6.54 Å². The number of nitrogens with one attached hydrogen (secondary N) is 1. The molecule has 6 nitrogen and oxygen atoms in total. The molecule has 4 aromatic rings. The molecule has 0 spiro atoms. The van der Waals surface area contributed by atoms with Gasteiger partial charge >= 0.3 is 0 Å². The molecule has 0 fully saturated rings. The van der Waals surface area contributed by atoms with Crippen LogP contribution in [0.2, 0.25) is 0 Å². The largest absolute Gasteiger partial charge is 0.349 e. The predicted octanol–water partition coefficient (Wildman–Crippen LogP) is 3.42. The molecular formula is C22H17N5O. The Morgan fingerprint density at radius 1 is 0.857 bits per heavy atom. The van der Waals surface area contributed by atoms with Crippen molar-refractivity contribution in [2.45, 2.75) is 6.54 Å². The van der Waals surface area contributed by atoms with E-state index in [4.69, 9.17) is 0 Å². The smallest absolute Gasteiger partial charge is 0.269 e. The van der Waals surface area contributed by atoms with Gasteiger partial charge in [0.05, 0.1) is 12.2 Å². The number of hydrogen-bond acceptors (Lipinski definition) is 4. The fourth-order valence-corrected chi connectivity index (χ4v) is 3.34. The van der Waals surface area contributed by atoms with Crippen molar-refractivity contribution in [2.75, 3.05) is 6.54 Å². The van der Waals surface area contributed by atoms with Crippen molar-refractivity contribution in [3.05, 3.63) is 78.6 Å². The zero-order chi connectivity index (χ0) is 18.9. The lowest BCUT2D eigenvalue weighted by Gasteiger charge is -2.13. The molecule has 28 heavy (non-hydrogen) atoms. The fourth-order valence-electron chi connectivity index (χ4n) is 3.34. The molecule has 0 aliphatic carbocycles. The third kappa shape index (κ3) is 2.95. The molecule has 0 bridgehead atoms. The standard InChI is InChI=1S/C22H17N5O/c28-22-20-14-19(26-27(20)13-12-24-22)18-10-11-23-21(25-18)17-8-6-16(7-9-17)15-4-2-1-3-5-15/h1-11,14H,12-13H2,(H,24,28). The van der Waals surface area contributed by atoms with Crippen molar-refractivity contribution >= 4 is 5.91 Å². The van der Waals surface area contributed by atoms with E-state index in [-0.39, 0.29) is 5.91 Å². The summed E-state index contributed by atoms with van der Waals surface area (Å²) in [4.78, 5) is 21.0. The van der Waals surface area contributed by atoms with Gasteiger partial charge in [0, 0.05) is 18.3 Å². The first-order valence-corrected chi connectivity index (χ1v) is 9.13. The minimum atomic E-state index is -0.101. The zero-order valence-electron chi connectivity index (χ0n) is 15.0. The van der Waals surface area contributed by atoms with Gasteiger partial charge in [0.25, 0.3) is 5.91 Å². The molecule has 5 rings (SSSR count). The summed E-state index contributed by atoms with van der Waals surface area (Å²) in [5.74, 6) is 0.531. The Bertz CT molecular complexity index is 1150. The molecule has 6 heteroatoms. The van der Waals surface area contributed by atoms with Crippen molar-refractivity contribution in [3.8, 4) is 33.9 Å². The van der Waals surface area contributed by atoms with Crippen molar-refractivity contribution in [1.82, 2.24) is 25.1 Å². The molecule has 3 heterocycles. The maximum atomic E-state index is 12.0. The Morgan fingerprint density at radius 2 is 1.61 bits per heavy atom. The van der Waals surface area contributed by atoms with E-state index in [9.17, 15) is 4.79 Å². The van der Waals surface area contributed by atoms with Gasteiger partial charge in [-0.3, -0.25) is 9.48 Å². The van der Waals surface area contributed by atoms with Crippen molar-refractivity contribution in [2.24, 2.45) is 0 Å². The number of rotatable bonds is 3. The van der Waals surface area contributed by atoms with Crippen LogP contribution in [-0.4, -0.2) is 32.2 Å². The normalized spacial score (nSPS) is 13.1. The summed E-state index contributed by atoms with van der Waals surface area (Å²) < 4.78 is 1.73. The number of carbonyl (C=O) groups excluding carboxylic acids is 1. The predicted molar refractivity (Wildman–Crippen MR) is 106 cm³/mol. The topological polar surface area (TPSA) is 72.7 Å². The van der Waals surface area contributed by atoms with Crippen LogP contribution >= 0.6 is 0 Å². The van der Waals surface area contributed by atoms with Crippen molar-refractivity contribution < 1.29 is 4.79 Å².